The van der Waals surface area contributed by atoms with Crippen LogP contribution in [0.15, 0.2) is 0 Å². The molecule has 0 aromatic carbocycles. The summed E-state index contributed by atoms with van der Waals surface area (Å²) in [6.45, 7) is 4.29. The largest absolute Gasteiger partial charge is 0.631 e. The number of unbranched alkanes of at least 4 members (excludes halogenated alkanes) is 3. The maximum Gasteiger partial charge on any atom is 0.102 e. The Morgan fingerprint density at radius 1 is 1.18 bits per heavy atom. The first kappa shape index (κ1) is 11.1. The molecule has 0 spiro atoms. The molecular weight excluding hydrogens is 155 g/mol. The predicted molar refractivity (Wildman–Crippen MR) is 52.3 cm³/mol. The van der Waals surface area contributed by atoms with Crippen LogP contribution in [0.4, 0.5) is 0 Å². The molecule has 0 aromatic rings. The van der Waals surface area contributed by atoms with Gasteiger partial charge in [0.2, 0.25) is 0 Å². The lowest BCUT2D eigenvalue weighted by atomic mass is 10.3. The molecule has 0 saturated heterocycles. The van der Waals surface area contributed by atoms with E-state index in [0.717, 1.165) is 25.4 Å². The molecule has 0 rings (SSSR count). The Kier molecular flexibility index (Phi) is 8.33. The highest BCUT2D eigenvalue weighted by Gasteiger charge is 1.93. The second-order valence-electron chi connectivity index (χ2n) is 2.82. The van der Waals surface area contributed by atoms with Crippen molar-refractivity contribution in [3.8, 4) is 0 Å². The van der Waals surface area contributed by atoms with Crippen molar-refractivity contribution in [2.45, 2.75) is 46.0 Å². The first-order valence-electron chi connectivity index (χ1n) is 4.58. The van der Waals surface area contributed by atoms with Crippen LogP contribution in [0, 0.1) is 0 Å². The molecule has 0 fully saturated rings. The van der Waals surface area contributed by atoms with E-state index in [1.165, 1.54) is 12.8 Å². The number of rotatable bonds is 6. The summed E-state index contributed by atoms with van der Waals surface area (Å²) in [7, 11) is -0.973. The third kappa shape index (κ3) is 8.03. The second kappa shape index (κ2) is 8.23. The Bertz CT molecular complexity index is 110. The van der Waals surface area contributed by atoms with Gasteiger partial charge in [0.05, 0.1) is 5.80 Å². The molecule has 0 heterocycles. The molecule has 1 atom stereocenters. The summed E-state index contributed by atoms with van der Waals surface area (Å²) in [5.74, 6) is 1.99. The van der Waals surface area contributed by atoms with Crippen LogP contribution in [-0.4, -0.2) is 12.0 Å². The fourth-order valence-corrected chi connectivity index (χ4v) is 2.13. The molecule has 0 radical (unpaired) electrons. The molecule has 11 heavy (non-hydrogen) atoms. The van der Waals surface area contributed by atoms with Crippen molar-refractivity contribution < 1.29 is 4.89 Å². The van der Waals surface area contributed by atoms with Gasteiger partial charge in [-0.2, -0.15) is 0 Å². The molecule has 0 N–H and O–H groups in total. The molecule has 0 aromatic heterocycles. The normalized spacial score (nSPS) is 12.1. The van der Waals surface area contributed by atoms with Gasteiger partial charge in [-0.15, -0.1) is 0 Å². The average Bonchev–Trinajstić information content (AvgIpc) is 2.01. The quantitative estimate of drug-likeness (QED) is 0.448. The van der Waals surface area contributed by atoms with E-state index in [1.807, 2.05) is 5.80 Å². The Hall–Kier alpha value is 0.130. The minimum atomic E-state index is -0.973. The summed E-state index contributed by atoms with van der Waals surface area (Å²) in [6.07, 6.45) is 6.59. The molecule has 0 amide bonds. The molecule has 0 bridgehead atoms. The fraction of sp³-hybridized carbons (Fsp3) is 0.889. The molecule has 0 aliphatic heterocycles. The standard InChI is InChI=1S/C9H19OP/c1-3-5-7-9-11(10)8-6-4-2/h9H,3-8H2,1-2H3. The van der Waals surface area contributed by atoms with Crippen LogP contribution >= 0.6 is 7.77 Å². The Morgan fingerprint density at radius 2 is 1.82 bits per heavy atom. The molecule has 0 aliphatic carbocycles. The Balaban J connectivity index is 3.30. The van der Waals surface area contributed by atoms with E-state index < -0.39 is 7.77 Å². The number of hydrogen-bond donors (Lipinski definition) is 0. The second-order valence-corrected chi connectivity index (χ2v) is 4.47. The van der Waals surface area contributed by atoms with Crippen LogP contribution in [0.5, 0.6) is 0 Å². The third-order valence-corrected chi connectivity index (χ3v) is 3.04. The van der Waals surface area contributed by atoms with Gasteiger partial charge in [0, 0.05) is 14.2 Å². The summed E-state index contributed by atoms with van der Waals surface area (Å²) in [4.78, 5) is 11.2. The Labute approximate surface area is 71.3 Å². The first-order valence-corrected chi connectivity index (χ1v) is 6.09. The lowest BCUT2D eigenvalue weighted by molar-refractivity contribution is -0.152. The first-order chi connectivity index (χ1) is 5.31. The van der Waals surface area contributed by atoms with E-state index in [4.69, 9.17) is 0 Å². The third-order valence-electron chi connectivity index (χ3n) is 1.62. The van der Waals surface area contributed by atoms with Crippen LogP contribution in [0.1, 0.15) is 46.0 Å². The van der Waals surface area contributed by atoms with E-state index in [0.29, 0.717) is 0 Å². The van der Waals surface area contributed by atoms with E-state index in [2.05, 4.69) is 13.8 Å². The minimum Gasteiger partial charge on any atom is -0.631 e. The zero-order valence-corrected chi connectivity index (χ0v) is 8.57. The highest BCUT2D eigenvalue weighted by atomic mass is 31.1. The van der Waals surface area contributed by atoms with Crippen molar-refractivity contribution in [2.24, 2.45) is 0 Å². The highest BCUT2D eigenvalue weighted by molar-refractivity contribution is 7.49. The smallest absolute Gasteiger partial charge is 0.102 e. The average molecular weight is 174 g/mol. The van der Waals surface area contributed by atoms with Crippen molar-refractivity contribution in [1.82, 2.24) is 0 Å². The summed E-state index contributed by atoms with van der Waals surface area (Å²) in [5.41, 5.74) is 0. The maximum atomic E-state index is 11.2. The Morgan fingerprint density at radius 3 is 2.36 bits per heavy atom. The van der Waals surface area contributed by atoms with Gasteiger partial charge < -0.3 is 4.89 Å². The van der Waals surface area contributed by atoms with Crippen LogP contribution in [0.2, 0.25) is 0 Å². The summed E-state index contributed by atoms with van der Waals surface area (Å²) in [5, 5.41) is 0. The zero-order valence-electron chi connectivity index (χ0n) is 7.68. The highest BCUT2D eigenvalue weighted by Crippen LogP contribution is 2.13. The SMILES string of the molecule is CCCCC=[P+]([O-])CCCC. The lowest BCUT2D eigenvalue weighted by Crippen LogP contribution is -1.94. The molecule has 66 valence electrons. The van der Waals surface area contributed by atoms with Gasteiger partial charge >= 0.3 is 0 Å². The van der Waals surface area contributed by atoms with Gasteiger partial charge in [0.25, 0.3) is 0 Å². The van der Waals surface area contributed by atoms with E-state index in [-0.39, 0.29) is 0 Å². The van der Waals surface area contributed by atoms with Crippen molar-refractivity contribution in [3.05, 3.63) is 0 Å². The number of hydrogen-bond acceptors (Lipinski definition) is 1. The minimum absolute atomic E-state index is 0.898. The lowest BCUT2D eigenvalue weighted by Gasteiger charge is -1.96. The van der Waals surface area contributed by atoms with Crippen LogP contribution < -0.4 is 4.89 Å². The van der Waals surface area contributed by atoms with Gasteiger partial charge in [-0.1, -0.05) is 26.7 Å². The van der Waals surface area contributed by atoms with Crippen molar-refractivity contribution >= 4 is 13.6 Å². The van der Waals surface area contributed by atoms with Crippen molar-refractivity contribution in [2.75, 3.05) is 6.16 Å². The monoisotopic (exact) mass is 174 g/mol. The van der Waals surface area contributed by atoms with Gasteiger partial charge in [-0.25, -0.2) is 0 Å². The predicted octanol–water partition coefficient (Wildman–Crippen LogP) is 2.54. The van der Waals surface area contributed by atoms with Crippen molar-refractivity contribution in [3.63, 3.8) is 0 Å². The topological polar surface area (TPSA) is 23.1 Å². The molecule has 1 unspecified atom stereocenters. The molecule has 0 aliphatic rings. The van der Waals surface area contributed by atoms with E-state index in [9.17, 15) is 4.89 Å². The molecule has 0 saturated carbocycles. The summed E-state index contributed by atoms with van der Waals surface area (Å²) >= 11 is 0. The van der Waals surface area contributed by atoms with Gasteiger partial charge in [0.15, 0.2) is 0 Å². The van der Waals surface area contributed by atoms with Gasteiger partial charge in [0.1, 0.15) is 6.16 Å². The summed E-state index contributed by atoms with van der Waals surface area (Å²) in [6, 6.07) is 0. The van der Waals surface area contributed by atoms with Crippen molar-refractivity contribution in [1.29, 1.82) is 0 Å². The van der Waals surface area contributed by atoms with Crippen LogP contribution in [-0.2, 0) is 0 Å². The van der Waals surface area contributed by atoms with E-state index >= 15 is 0 Å². The maximum absolute atomic E-state index is 11.2. The molecular formula is C9H19OP. The zero-order chi connectivity index (χ0) is 8.53. The van der Waals surface area contributed by atoms with Crippen LogP contribution in [0.3, 0.4) is 0 Å². The van der Waals surface area contributed by atoms with E-state index in [1.54, 1.807) is 0 Å². The fourth-order valence-electron chi connectivity index (χ4n) is 0.845. The van der Waals surface area contributed by atoms with Gasteiger partial charge in [-0.05, 0) is 12.8 Å². The molecule has 2 heteroatoms. The van der Waals surface area contributed by atoms with Gasteiger partial charge in [-0.3, -0.25) is 0 Å². The summed E-state index contributed by atoms with van der Waals surface area (Å²) < 4.78 is 0. The van der Waals surface area contributed by atoms with Crippen LogP contribution in [0.25, 0.3) is 0 Å². The molecule has 1 nitrogen and oxygen atoms in total.